The van der Waals surface area contributed by atoms with Gasteiger partial charge in [0.05, 0.1) is 40.3 Å². The van der Waals surface area contributed by atoms with Crippen molar-refractivity contribution in [1.82, 2.24) is 49.8 Å². The van der Waals surface area contributed by atoms with E-state index < -0.39 is 11.6 Å². The quantitative estimate of drug-likeness (QED) is 0.0991. The Kier molecular flexibility index (Phi) is 24.7. The first-order chi connectivity index (χ1) is 49.2. The highest BCUT2D eigenvalue weighted by molar-refractivity contribution is 9.10. The fourth-order valence-corrected chi connectivity index (χ4v) is 12.1. The molecule has 23 heteroatoms. The van der Waals surface area contributed by atoms with Crippen molar-refractivity contribution in [2.24, 2.45) is 0 Å². The number of rotatable bonds is 10. The van der Waals surface area contributed by atoms with E-state index in [0.29, 0.717) is 35.2 Å². The number of benzene rings is 4. The number of methoxy groups -OCH3 is 1. The van der Waals surface area contributed by atoms with Crippen molar-refractivity contribution < 1.29 is 29.0 Å². The van der Waals surface area contributed by atoms with E-state index in [4.69, 9.17) is 29.4 Å². The highest BCUT2D eigenvalue weighted by Gasteiger charge is 2.28. The molecular weight excluding hydrogens is 1340 g/mol. The predicted molar refractivity (Wildman–Crippen MR) is 402 cm³/mol. The summed E-state index contributed by atoms with van der Waals surface area (Å²) in [7, 11) is 1.38. The molecule has 0 saturated carbocycles. The van der Waals surface area contributed by atoms with E-state index in [0.717, 1.165) is 133 Å². The molecule has 0 radical (unpaired) electrons. The maximum atomic E-state index is 12.0. The van der Waals surface area contributed by atoms with E-state index in [1.807, 2.05) is 185 Å². The number of hydrogen-bond donors (Lipinski definition) is 1. The smallest absolute Gasteiger partial charge is 0.410 e. The lowest BCUT2D eigenvalue weighted by Crippen LogP contribution is -2.50. The van der Waals surface area contributed by atoms with Crippen LogP contribution in [0.25, 0.3) is 44.6 Å². The van der Waals surface area contributed by atoms with Crippen LogP contribution in [0.3, 0.4) is 0 Å². The van der Waals surface area contributed by atoms with Gasteiger partial charge in [-0.3, -0.25) is 0 Å². The van der Waals surface area contributed by atoms with E-state index in [1.165, 1.54) is 39.5 Å². The molecule has 22 nitrogen and oxygen atoms in total. The van der Waals surface area contributed by atoms with Crippen LogP contribution in [0, 0.1) is 0 Å². The van der Waals surface area contributed by atoms with Gasteiger partial charge in [-0.1, -0.05) is 91.0 Å². The van der Waals surface area contributed by atoms with Gasteiger partial charge in [0.25, 0.3) is 0 Å². The molecular formula is C78H83BrN16O6. The molecule has 7 aromatic heterocycles. The van der Waals surface area contributed by atoms with Gasteiger partial charge in [-0.25, -0.2) is 59.2 Å². The molecule has 4 saturated heterocycles. The van der Waals surface area contributed by atoms with Gasteiger partial charge in [0.1, 0.15) is 44.9 Å². The molecule has 0 bridgehead atoms. The summed E-state index contributed by atoms with van der Waals surface area (Å²) in [4.78, 5) is 91.8. The second kappa shape index (κ2) is 35.0. The van der Waals surface area contributed by atoms with Crippen LogP contribution in [0.1, 0.15) is 60.7 Å². The van der Waals surface area contributed by atoms with Crippen LogP contribution in [-0.4, -0.2) is 177 Å². The lowest BCUT2D eigenvalue weighted by molar-refractivity contribution is 0.0239. The Balaban J connectivity index is 0.000000137. The van der Waals surface area contributed by atoms with Crippen molar-refractivity contribution in [1.29, 1.82) is 0 Å². The van der Waals surface area contributed by atoms with Crippen molar-refractivity contribution in [3.05, 3.63) is 235 Å². The first-order valence-corrected chi connectivity index (χ1v) is 34.8. The number of carbonyl (C=O) groups excluding carboxylic acids is 2. The van der Waals surface area contributed by atoms with Crippen LogP contribution < -0.4 is 29.4 Å². The topological polar surface area (TPSA) is 229 Å². The summed E-state index contributed by atoms with van der Waals surface area (Å²) in [6, 6.07) is 59.8. The number of carboxylic acid groups (broad SMARTS) is 1. The molecule has 11 heterocycles. The number of carboxylic acids is 1. The van der Waals surface area contributed by atoms with Crippen LogP contribution in [0.5, 0.6) is 0 Å². The van der Waals surface area contributed by atoms with Crippen molar-refractivity contribution in [2.75, 3.05) is 128 Å². The lowest BCUT2D eigenvalue weighted by atomic mass is 10.1. The van der Waals surface area contributed by atoms with Gasteiger partial charge in [-0.2, -0.15) is 0 Å². The minimum absolute atomic E-state index is 0.209. The first-order valence-electron chi connectivity index (χ1n) is 34.0. The first kappa shape index (κ1) is 71.1. The number of esters is 1. The SMILES string of the molecule is Brc1ccccn1.CC(C)(C)OC(=O)N1CCN(c2ccccn2)CC1.COC(=O)c1ccc2nc(-c3ccccc3)c(N3CCN(c4ccccn4)CC3)nc2c1.O=C(O)c1ccc2nc(-c3ccccc3)c(N3CCN(c4ccccn4)CC3)nc2c1.c1ccc(N2CCCCC2)nc1. The van der Waals surface area contributed by atoms with E-state index in [9.17, 15) is 19.5 Å². The standard InChI is InChI=1S/C25H23N5O2.C24H21N5O2.C14H21N3O2.C10H14N2.C5H4BrN/c1-32-25(31)19-10-11-20-21(17-19)28-24(23(27-20)18-7-3-2-4-8-18)30-15-13-29(14-16-30)22-9-5-6-12-26-22;30-24(31)18-9-10-19-20(16-18)27-23(22(26-19)17-6-2-1-3-7-17)29-14-12-28(13-15-29)21-8-4-5-11-25-21;1-14(2,3)19-13(18)17-10-8-16(9-11-17)12-6-4-5-7-15-12;1-4-8-12(9-5-1)10-6-2-3-7-11-10;6-5-3-1-2-4-7-5/h2-12,17H,13-16H2,1H3;1-11,16H,12-15H2,(H,30,31);4-7H,8-11H2,1-3H3;2-3,6-7H,1,4-5,8-9H2;1-4H. The van der Waals surface area contributed by atoms with Gasteiger partial charge in [-0.15, -0.1) is 0 Å². The Hall–Kier alpha value is -11.2. The molecule has 4 aliphatic heterocycles. The fourth-order valence-electron chi connectivity index (χ4n) is 11.9. The van der Waals surface area contributed by atoms with Gasteiger partial charge in [0.15, 0.2) is 11.6 Å². The molecule has 518 valence electrons. The molecule has 0 aliphatic carbocycles. The van der Waals surface area contributed by atoms with Gasteiger partial charge in [-0.05, 0) is 153 Å². The summed E-state index contributed by atoms with van der Waals surface area (Å²) < 4.78 is 11.1. The molecule has 1 N–H and O–H groups in total. The highest BCUT2D eigenvalue weighted by Crippen LogP contribution is 2.34. The fraction of sp³-hybridized carbons (Fsp3) is 0.282. The predicted octanol–water partition coefficient (Wildman–Crippen LogP) is 13.6. The third-order valence-corrected chi connectivity index (χ3v) is 17.5. The van der Waals surface area contributed by atoms with Gasteiger partial charge < -0.3 is 48.9 Å². The maximum Gasteiger partial charge on any atom is 0.410 e. The van der Waals surface area contributed by atoms with Gasteiger partial charge in [0.2, 0.25) is 0 Å². The third kappa shape index (κ3) is 19.8. The number of hydrogen-bond acceptors (Lipinski definition) is 20. The Morgan fingerprint density at radius 3 is 1.12 bits per heavy atom. The summed E-state index contributed by atoms with van der Waals surface area (Å²) >= 11 is 3.20. The second-order valence-electron chi connectivity index (χ2n) is 25.1. The average Bonchev–Trinajstić information content (AvgIpc) is 0.826. The number of amides is 1. The minimum Gasteiger partial charge on any atom is -0.478 e. The monoisotopic (exact) mass is 1420 g/mol. The molecule has 0 unspecified atom stereocenters. The summed E-state index contributed by atoms with van der Waals surface area (Å²) in [6.45, 7) is 17.4. The minimum atomic E-state index is -0.971. The number of aromatic carboxylic acids is 1. The van der Waals surface area contributed by atoms with Crippen LogP contribution >= 0.6 is 15.9 Å². The van der Waals surface area contributed by atoms with E-state index in [2.05, 4.69) is 82.4 Å². The zero-order valence-electron chi connectivity index (χ0n) is 57.3. The molecule has 1 amide bonds. The number of piperidine rings is 1. The maximum absolute atomic E-state index is 12.0. The summed E-state index contributed by atoms with van der Waals surface area (Å²) in [6.07, 6.45) is 12.8. The molecule has 15 rings (SSSR count). The number of nitrogens with zero attached hydrogens (tertiary/aromatic N) is 16. The molecule has 4 fully saturated rings. The zero-order chi connectivity index (χ0) is 70.3. The molecule has 4 aliphatic rings. The number of pyridine rings is 5. The highest BCUT2D eigenvalue weighted by atomic mass is 79.9. The van der Waals surface area contributed by atoms with Crippen LogP contribution in [0.2, 0.25) is 0 Å². The molecule has 11 aromatic rings. The second-order valence-corrected chi connectivity index (χ2v) is 25.9. The Labute approximate surface area is 597 Å². The van der Waals surface area contributed by atoms with Crippen molar-refractivity contribution >= 4 is 90.9 Å². The molecule has 0 atom stereocenters. The van der Waals surface area contributed by atoms with Crippen molar-refractivity contribution in [3.63, 3.8) is 0 Å². The number of anilines is 6. The largest absolute Gasteiger partial charge is 0.478 e. The normalized spacial score (nSPS) is 14.5. The number of ether oxygens (including phenoxy) is 2. The summed E-state index contributed by atoms with van der Waals surface area (Å²) in [5, 5.41) is 9.36. The van der Waals surface area contributed by atoms with E-state index in [-0.39, 0.29) is 17.6 Å². The van der Waals surface area contributed by atoms with Gasteiger partial charge >= 0.3 is 18.0 Å². The summed E-state index contributed by atoms with van der Waals surface area (Å²) in [5.74, 6) is 4.31. The zero-order valence-corrected chi connectivity index (χ0v) is 58.9. The van der Waals surface area contributed by atoms with Crippen LogP contribution in [0.4, 0.5) is 39.7 Å². The summed E-state index contributed by atoms with van der Waals surface area (Å²) in [5.41, 5.74) is 6.58. The lowest BCUT2D eigenvalue weighted by Gasteiger charge is -2.36. The molecule has 4 aromatic carbocycles. The number of halogens is 1. The molecule has 101 heavy (non-hydrogen) atoms. The number of carbonyl (C=O) groups is 3. The third-order valence-electron chi connectivity index (χ3n) is 17.0. The number of piperazine rings is 3. The molecule has 0 spiro atoms. The van der Waals surface area contributed by atoms with Crippen molar-refractivity contribution in [2.45, 2.75) is 45.6 Å². The van der Waals surface area contributed by atoms with E-state index in [1.54, 1.807) is 47.6 Å². The van der Waals surface area contributed by atoms with Gasteiger partial charge in [0, 0.05) is 134 Å². The van der Waals surface area contributed by atoms with Crippen LogP contribution in [0.15, 0.2) is 224 Å². The Bertz CT molecular complexity index is 4420. The Morgan fingerprint density at radius 2 is 0.762 bits per heavy atom. The number of aromatic nitrogens is 9. The number of fused-ring (bicyclic) bond motifs is 2. The average molecular weight is 1420 g/mol. The van der Waals surface area contributed by atoms with Crippen molar-refractivity contribution in [3.8, 4) is 22.5 Å². The Morgan fingerprint density at radius 1 is 0.396 bits per heavy atom. The van der Waals surface area contributed by atoms with E-state index >= 15 is 0 Å². The van der Waals surface area contributed by atoms with Crippen LogP contribution in [-0.2, 0) is 9.47 Å².